The number of aromatic nitrogens is 3. The third kappa shape index (κ3) is 3.50. The summed E-state index contributed by atoms with van der Waals surface area (Å²) in [5.74, 6) is 1.16. The Morgan fingerprint density at radius 1 is 0.931 bits per heavy atom. The molecule has 0 saturated heterocycles. The van der Waals surface area contributed by atoms with Gasteiger partial charge in [-0.1, -0.05) is 18.2 Å². The summed E-state index contributed by atoms with van der Waals surface area (Å²) in [6, 6.07) is 6.42. The molecule has 2 heterocycles. The van der Waals surface area contributed by atoms with E-state index in [0.717, 1.165) is 42.6 Å². The number of imidazole rings is 1. The minimum Gasteiger partial charge on any atom is -0.304 e. The van der Waals surface area contributed by atoms with Gasteiger partial charge >= 0.3 is 0 Å². The molecule has 2 fully saturated rings. The SMILES string of the molecule is O=C1CCCC(c2cccc(C3CCCC(=O)C3)c2-c2cn3ccncc3n2)C1. The van der Waals surface area contributed by atoms with Crippen LogP contribution < -0.4 is 0 Å². The summed E-state index contributed by atoms with van der Waals surface area (Å²) < 4.78 is 1.99. The summed E-state index contributed by atoms with van der Waals surface area (Å²) in [4.78, 5) is 33.4. The van der Waals surface area contributed by atoms with Crippen molar-refractivity contribution in [3.8, 4) is 11.3 Å². The Bertz CT molecular complexity index is 1010. The number of benzene rings is 1. The molecule has 0 spiro atoms. The monoisotopic (exact) mass is 387 g/mol. The molecule has 29 heavy (non-hydrogen) atoms. The average molecular weight is 387 g/mol. The highest BCUT2D eigenvalue weighted by Gasteiger charge is 2.29. The van der Waals surface area contributed by atoms with Crippen LogP contribution in [0.4, 0.5) is 0 Å². The number of rotatable bonds is 3. The molecule has 1 aromatic carbocycles. The molecule has 5 rings (SSSR count). The lowest BCUT2D eigenvalue weighted by atomic mass is 9.75. The number of ketones is 2. The predicted molar refractivity (Wildman–Crippen MR) is 111 cm³/mol. The minimum atomic E-state index is 0.230. The molecule has 148 valence electrons. The molecule has 2 saturated carbocycles. The van der Waals surface area contributed by atoms with Crippen LogP contribution in [0.2, 0.25) is 0 Å². The van der Waals surface area contributed by atoms with Crippen molar-refractivity contribution in [3.05, 3.63) is 54.1 Å². The molecule has 2 atom stereocenters. The van der Waals surface area contributed by atoms with Crippen molar-refractivity contribution in [2.75, 3.05) is 0 Å². The van der Waals surface area contributed by atoms with Gasteiger partial charge in [0.05, 0.1) is 11.9 Å². The van der Waals surface area contributed by atoms with Gasteiger partial charge in [-0.15, -0.1) is 0 Å². The fourth-order valence-electron chi connectivity index (χ4n) is 5.11. The second-order valence-corrected chi connectivity index (χ2v) is 8.44. The maximum absolute atomic E-state index is 12.2. The molecule has 0 N–H and O–H groups in total. The number of fused-ring (bicyclic) bond motifs is 1. The van der Waals surface area contributed by atoms with E-state index < -0.39 is 0 Å². The van der Waals surface area contributed by atoms with E-state index in [-0.39, 0.29) is 11.8 Å². The summed E-state index contributed by atoms with van der Waals surface area (Å²) in [6.07, 6.45) is 14.0. The van der Waals surface area contributed by atoms with Crippen molar-refractivity contribution < 1.29 is 9.59 Å². The Morgan fingerprint density at radius 2 is 1.59 bits per heavy atom. The van der Waals surface area contributed by atoms with E-state index in [2.05, 4.69) is 29.4 Å². The van der Waals surface area contributed by atoms with Gasteiger partial charge in [0.25, 0.3) is 0 Å². The summed E-state index contributed by atoms with van der Waals surface area (Å²) in [5.41, 5.74) is 5.29. The van der Waals surface area contributed by atoms with Crippen LogP contribution in [0, 0.1) is 0 Å². The molecule has 3 aromatic rings. The molecule has 2 aliphatic carbocycles. The number of hydrogen-bond donors (Lipinski definition) is 0. The van der Waals surface area contributed by atoms with Crippen molar-refractivity contribution in [1.29, 1.82) is 0 Å². The first kappa shape index (κ1) is 18.2. The third-order valence-electron chi connectivity index (χ3n) is 6.49. The largest absolute Gasteiger partial charge is 0.304 e. The molecule has 5 nitrogen and oxygen atoms in total. The molecular weight excluding hydrogens is 362 g/mol. The Morgan fingerprint density at radius 3 is 2.17 bits per heavy atom. The lowest BCUT2D eigenvalue weighted by molar-refractivity contribution is -0.121. The predicted octanol–water partition coefficient (Wildman–Crippen LogP) is 4.85. The van der Waals surface area contributed by atoms with Crippen LogP contribution in [0.5, 0.6) is 0 Å². The number of carbonyl (C=O) groups excluding carboxylic acids is 2. The van der Waals surface area contributed by atoms with Gasteiger partial charge in [-0.25, -0.2) is 4.98 Å². The lowest BCUT2D eigenvalue weighted by Gasteiger charge is -2.28. The van der Waals surface area contributed by atoms with Crippen LogP contribution in [0.3, 0.4) is 0 Å². The summed E-state index contributed by atoms with van der Waals surface area (Å²) >= 11 is 0. The Labute approximate surface area is 170 Å². The normalized spacial score (nSPS) is 22.9. The Kier molecular flexibility index (Phi) is 4.74. The molecular formula is C24H25N3O2. The van der Waals surface area contributed by atoms with Crippen LogP contribution in [0.25, 0.3) is 16.9 Å². The highest BCUT2D eigenvalue weighted by atomic mass is 16.1. The molecule has 2 unspecified atom stereocenters. The van der Waals surface area contributed by atoms with Gasteiger partial charge in [-0.2, -0.15) is 0 Å². The Hall–Kier alpha value is -2.82. The molecule has 0 radical (unpaired) electrons. The fourth-order valence-corrected chi connectivity index (χ4v) is 5.11. The van der Waals surface area contributed by atoms with Gasteiger partial charge in [0, 0.05) is 49.8 Å². The van der Waals surface area contributed by atoms with Crippen LogP contribution in [0.1, 0.15) is 74.3 Å². The standard InChI is InChI=1S/C24H25N3O2/c28-18-6-1-4-16(12-18)20-8-3-9-21(17-5-2-7-19(29)13-17)24(20)22-15-27-11-10-25-14-23(27)26-22/h3,8-11,14-17H,1-2,4-7,12-13H2. The van der Waals surface area contributed by atoms with E-state index >= 15 is 0 Å². The number of Topliss-reactive ketones (excluding diaryl/α,β-unsaturated/α-hetero) is 2. The topological polar surface area (TPSA) is 64.3 Å². The van der Waals surface area contributed by atoms with Gasteiger partial charge < -0.3 is 4.40 Å². The third-order valence-corrected chi connectivity index (χ3v) is 6.49. The van der Waals surface area contributed by atoms with E-state index in [9.17, 15) is 9.59 Å². The first-order valence-corrected chi connectivity index (χ1v) is 10.6. The second-order valence-electron chi connectivity index (χ2n) is 8.44. The van der Waals surface area contributed by atoms with E-state index in [1.807, 2.05) is 10.6 Å². The van der Waals surface area contributed by atoms with E-state index in [0.29, 0.717) is 37.2 Å². The van der Waals surface area contributed by atoms with E-state index in [1.165, 1.54) is 11.1 Å². The summed E-state index contributed by atoms with van der Waals surface area (Å²) in [6.45, 7) is 0. The average Bonchev–Trinajstić information content (AvgIpc) is 3.17. The van der Waals surface area contributed by atoms with Crippen molar-refractivity contribution >= 4 is 17.2 Å². The van der Waals surface area contributed by atoms with Crippen molar-refractivity contribution in [2.45, 2.75) is 63.2 Å². The van der Waals surface area contributed by atoms with Gasteiger partial charge in [-0.05, 0) is 48.6 Å². The molecule has 0 amide bonds. The summed E-state index contributed by atoms with van der Waals surface area (Å²) in [7, 11) is 0. The molecule has 2 aliphatic rings. The maximum Gasteiger partial charge on any atom is 0.155 e. The van der Waals surface area contributed by atoms with Gasteiger partial charge in [0.1, 0.15) is 11.6 Å². The first-order valence-electron chi connectivity index (χ1n) is 10.6. The Balaban J connectivity index is 1.67. The number of nitrogens with zero attached hydrogens (tertiary/aromatic N) is 3. The van der Waals surface area contributed by atoms with Gasteiger partial charge in [0.15, 0.2) is 5.65 Å². The summed E-state index contributed by atoms with van der Waals surface area (Å²) in [5, 5.41) is 0. The zero-order chi connectivity index (χ0) is 19.8. The molecule has 0 bridgehead atoms. The lowest BCUT2D eigenvalue weighted by Crippen LogP contribution is -2.17. The van der Waals surface area contributed by atoms with Crippen LogP contribution in [-0.2, 0) is 9.59 Å². The van der Waals surface area contributed by atoms with Crippen LogP contribution in [-0.4, -0.2) is 25.9 Å². The molecule has 5 heteroatoms. The molecule has 2 aromatic heterocycles. The fraction of sp³-hybridized carbons (Fsp3) is 0.417. The van der Waals surface area contributed by atoms with Crippen molar-refractivity contribution in [1.82, 2.24) is 14.4 Å². The smallest absolute Gasteiger partial charge is 0.155 e. The van der Waals surface area contributed by atoms with Gasteiger partial charge in [-0.3, -0.25) is 14.6 Å². The van der Waals surface area contributed by atoms with Crippen molar-refractivity contribution in [2.24, 2.45) is 0 Å². The first-order chi connectivity index (χ1) is 14.2. The quantitative estimate of drug-likeness (QED) is 0.644. The van der Waals surface area contributed by atoms with Crippen LogP contribution in [0.15, 0.2) is 43.0 Å². The van der Waals surface area contributed by atoms with Crippen molar-refractivity contribution in [3.63, 3.8) is 0 Å². The zero-order valence-electron chi connectivity index (χ0n) is 16.5. The maximum atomic E-state index is 12.2. The van der Waals surface area contributed by atoms with Gasteiger partial charge in [0.2, 0.25) is 0 Å². The van der Waals surface area contributed by atoms with Crippen LogP contribution >= 0.6 is 0 Å². The van der Waals surface area contributed by atoms with E-state index in [1.54, 1.807) is 12.4 Å². The number of hydrogen-bond acceptors (Lipinski definition) is 4. The highest BCUT2D eigenvalue weighted by Crippen LogP contribution is 2.43. The molecule has 0 aliphatic heterocycles. The van der Waals surface area contributed by atoms with E-state index in [4.69, 9.17) is 4.98 Å². The zero-order valence-corrected chi connectivity index (χ0v) is 16.5. The number of carbonyl (C=O) groups is 2. The minimum absolute atomic E-state index is 0.230. The highest BCUT2D eigenvalue weighted by molar-refractivity contribution is 5.83. The second kappa shape index (κ2) is 7.54.